The maximum atomic E-state index is 10.7. The molecule has 0 bridgehead atoms. The molecule has 0 aromatic rings. The van der Waals surface area contributed by atoms with Crippen LogP contribution in [0.15, 0.2) is 0 Å². The van der Waals surface area contributed by atoms with Gasteiger partial charge in [0, 0.05) is 32.3 Å². The molecule has 0 unspecified atom stereocenters. The summed E-state index contributed by atoms with van der Waals surface area (Å²) >= 11 is 0. The lowest BCUT2D eigenvalue weighted by Crippen LogP contribution is -2.43. The number of carboxylic acid groups (broad SMARTS) is 1. The Morgan fingerprint density at radius 1 is 1.47 bits per heavy atom. The fourth-order valence-electron chi connectivity index (χ4n) is 2.40. The van der Waals surface area contributed by atoms with Crippen LogP contribution in [0.3, 0.4) is 0 Å². The zero-order valence-corrected chi connectivity index (χ0v) is 12.1. The van der Waals surface area contributed by atoms with Gasteiger partial charge in [-0.05, 0) is 27.3 Å². The molecule has 19 heavy (non-hydrogen) atoms. The molecule has 0 aliphatic carbocycles. The van der Waals surface area contributed by atoms with Gasteiger partial charge in [0.1, 0.15) is 0 Å². The Morgan fingerprint density at radius 2 is 2.16 bits per heavy atom. The zero-order valence-electron chi connectivity index (χ0n) is 12.1. The molecule has 0 saturated carbocycles. The lowest BCUT2D eigenvalue weighted by atomic mass is 10.2. The number of aliphatic carboxylic acids is 1. The average Bonchev–Trinajstić information content (AvgIpc) is 2.65. The van der Waals surface area contributed by atoms with Gasteiger partial charge in [-0.2, -0.15) is 0 Å². The first-order chi connectivity index (χ1) is 8.90. The van der Waals surface area contributed by atoms with Crippen molar-refractivity contribution in [3.63, 3.8) is 0 Å². The Hall–Kier alpha value is -0.690. The van der Waals surface area contributed by atoms with Gasteiger partial charge in [0.2, 0.25) is 0 Å². The van der Waals surface area contributed by atoms with E-state index >= 15 is 0 Å². The third-order valence-corrected chi connectivity index (χ3v) is 3.36. The monoisotopic (exact) mass is 274 g/mol. The van der Waals surface area contributed by atoms with Gasteiger partial charge in [0.15, 0.2) is 0 Å². The summed E-state index contributed by atoms with van der Waals surface area (Å²) in [5.74, 6) is -0.863. The molecule has 1 heterocycles. The molecule has 6 heteroatoms. The van der Waals surface area contributed by atoms with E-state index in [0.717, 1.165) is 19.6 Å². The molecule has 0 spiro atoms. The van der Waals surface area contributed by atoms with E-state index in [1.807, 2.05) is 13.8 Å². The van der Waals surface area contributed by atoms with Crippen molar-refractivity contribution in [3.05, 3.63) is 0 Å². The van der Waals surface area contributed by atoms with Crippen LogP contribution in [-0.2, 0) is 9.53 Å². The van der Waals surface area contributed by atoms with Crippen LogP contribution in [-0.4, -0.2) is 84.1 Å². The van der Waals surface area contributed by atoms with Crippen LogP contribution in [0.5, 0.6) is 0 Å². The van der Waals surface area contributed by atoms with Crippen LogP contribution in [0.2, 0.25) is 0 Å². The highest BCUT2D eigenvalue weighted by Gasteiger charge is 2.34. The first-order valence-electron chi connectivity index (χ1n) is 6.84. The third-order valence-electron chi connectivity index (χ3n) is 3.36. The number of hydrogen-bond acceptors (Lipinski definition) is 5. The van der Waals surface area contributed by atoms with Crippen molar-refractivity contribution in [2.45, 2.75) is 38.5 Å². The maximum absolute atomic E-state index is 10.7. The summed E-state index contributed by atoms with van der Waals surface area (Å²) < 4.78 is 5.48. The van der Waals surface area contributed by atoms with Crippen molar-refractivity contribution in [2.75, 3.05) is 39.8 Å². The molecule has 112 valence electrons. The second-order valence-electron chi connectivity index (χ2n) is 5.48. The number of likely N-dealkylation sites (N-methyl/N-ethyl adjacent to an activating group) is 1. The van der Waals surface area contributed by atoms with Crippen LogP contribution in [0.25, 0.3) is 0 Å². The number of hydrogen-bond donors (Lipinski definition) is 2. The van der Waals surface area contributed by atoms with Crippen molar-refractivity contribution < 1.29 is 19.7 Å². The highest BCUT2D eigenvalue weighted by molar-refractivity contribution is 5.69. The Bertz CT molecular complexity index is 286. The van der Waals surface area contributed by atoms with E-state index in [9.17, 15) is 9.90 Å². The van der Waals surface area contributed by atoms with E-state index in [2.05, 4.69) is 4.90 Å². The van der Waals surface area contributed by atoms with Gasteiger partial charge < -0.3 is 14.9 Å². The number of aliphatic hydroxyl groups excluding tert-OH is 1. The fourth-order valence-corrected chi connectivity index (χ4v) is 2.40. The zero-order chi connectivity index (χ0) is 14.4. The van der Waals surface area contributed by atoms with E-state index < -0.39 is 12.1 Å². The number of nitrogens with zero attached hydrogens (tertiary/aromatic N) is 2. The van der Waals surface area contributed by atoms with Crippen LogP contribution in [0.1, 0.15) is 20.3 Å². The summed E-state index contributed by atoms with van der Waals surface area (Å²) in [6.07, 6.45) is 0.703. The molecule has 1 aliphatic heterocycles. The van der Waals surface area contributed by atoms with Crippen LogP contribution in [0, 0.1) is 0 Å². The minimum Gasteiger partial charge on any atom is -0.480 e. The molecule has 1 saturated heterocycles. The van der Waals surface area contributed by atoms with Gasteiger partial charge in [-0.15, -0.1) is 0 Å². The van der Waals surface area contributed by atoms with Crippen molar-refractivity contribution in [1.82, 2.24) is 9.80 Å². The molecular formula is C13H26N2O4. The standard InChI is InChI=1S/C13H26N2O4/c1-10(2)19-6-4-5-15-7-11(12(16)8-15)14(3)9-13(17)18/h10-12,16H,4-9H2,1-3H3,(H,17,18)/t11-,12-/m1/s1. The minimum absolute atomic E-state index is 0.0357. The van der Waals surface area contributed by atoms with E-state index in [1.54, 1.807) is 11.9 Å². The van der Waals surface area contributed by atoms with Crippen molar-refractivity contribution >= 4 is 5.97 Å². The van der Waals surface area contributed by atoms with Crippen LogP contribution in [0.4, 0.5) is 0 Å². The number of ether oxygens (including phenoxy) is 1. The second kappa shape index (κ2) is 7.79. The van der Waals surface area contributed by atoms with E-state index in [1.165, 1.54) is 0 Å². The van der Waals surface area contributed by atoms with E-state index in [-0.39, 0.29) is 18.7 Å². The molecule has 2 N–H and O–H groups in total. The quantitative estimate of drug-likeness (QED) is 0.600. The summed E-state index contributed by atoms with van der Waals surface area (Å²) in [4.78, 5) is 14.5. The van der Waals surface area contributed by atoms with Crippen molar-refractivity contribution in [3.8, 4) is 0 Å². The normalized spacial score (nSPS) is 24.5. The predicted octanol–water partition coefficient (Wildman–Crippen LogP) is -0.137. The molecule has 0 radical (unpaired) electrons. The SMILES string of the molecule is CC(C)OCCCN1C[C@@H](O)[C@H](N(C)CC(=O)O)C1. The number of carboxylic acids is 1. The molecule has 6 nitrogen and oxygen atoms in total. The summed E-state index contributed by atoms with van der Waals surface area (Å²) in [6, 6.07) is -0.0953. The number of β-amino-alcohol motifs (C(OH)–C–C–N with tert-alkyl or cyclic N) is 1. The lowest BCUT2D eigenvalue weighted by Gasteiger charge is -2.24. The topological polar surface area (TPSA) is 73.2 Å². The van der Waals surface area contributed by atoms with Crippen LogP contribution < -0.4 is 0 Å². The average molecular weight is 274 g/mol. The molecule has 1 rings (SSSR count). The first-order valence-corrected chi connectivity index (χ1v) is 6.84. The molecule has 1 aliphatic rings. The van der Waals surface area contributed by atoms with E-state index in [0.29, 0.717) is 13.1 Å². The number of rotatable bonds is 8. The Balaban J connectivity index is 2.27. The summed E-state index contributed by atoms with van der Waals surface area (Å²) in [5, 5.41) is 18.7. The predicted molar refractivity (Wildman–Crippen MR) is 72.2 cm³/mol. The smallest absolute Gasteiger partial charge is 0.317 e. The maximum Gasteiger partial charge on any atom is 0.317 e. The Labute approximate surface area is 114 Å². The van der Waals surface area contributed by atoms with E-state index in [4.69, 9.17) is 9.84 Å². The highest BCUT2D eigenvalue weighted by Crippen LogP contribution is 2.15. The molecule has 0 aromatic carbocycles. The van der Waals surface area contributed by atoms with Gasteiger partial charge in [0.25, 0.3) is 0 Å². The number of carbonyl (C=O) groups is 1. The fraction of sp³-hybridized carbons (Fsp3) is 0.923. The third kappa shape index (κ3) is 5.86. The van der Waals surface area contributed by atoms with Crippen LogP contribution >= 0.6 is 0 Å². The molecule has 0 amide bonds. The van der Waals surface area contributed by atoms with Gasteiger partial charge in [-0.25, -0.2) is 0 Å². The van der Waals surface area contributed by atoms with Gasteiger partial charge >= 0.3 is 5.97 Å². The molecular weight excluding hydrogens is 248 g/mol. The van der Waals surface area contributed by atoms with Crippen molar-refractivity contribution in [2.24, 2.45) is 0 Å². The summed E-state index contributed by atoms with van der Waals surface area (Å²) in [7, 11) is 1.74. The number of aliphatic hydroxyl groups is 1. The Kier molecular flexibility index (Phi) is 6.71. The lowest BCUT2D eigenvalue weighted by molar-refractivity contribution is -0.138. The first kappa shape index (κ1) is 16.4. The van der Waals surface area contributed by atoms with Crippen molar-refractivity contribution in [1.29, 1.82) is 0 Å². The molecule has 0 aromatic heterocycles. The minimum atomic E-state index is -0.863. The highest BCUT2D eigenvalue weighted by atomic mass is 16.5. The van der Waals surface area contributed by atoms with Gasteiger partial charge in [-0.1, -0.05) is 0 Å². The number of likely N-dealkylation sites (tertiary alicyclic amines) is 1. The second-order valence-corrected chi connectivity index (χ2v) is 5.48. The molecule has 1 fully saturated rings. The van der Waals surface area contributed by atoms with Gasteiger partial charge in [-0.3, -0.25) is 14.6 Å². The van der Waals surface area contributed by atoms with Gasteiger partial charge in [0.05, 0.1) is 18.8 Å². The summed E-state index contributed by atoms with van der Waals surface area (Å²) in [5.41, 5.74) is 0. The molecule has 2 atom stereocenters. The Morgan fingerprint density at radius 3 is 2.74 bits per heavy atom. The summed E-state index contributed by atoms with van der Waals surface area (Å²) in [6.45, 7) is 6.91. The largest absolute Gasteiger partial charge is 0.480 e.